The van der Waals surface area contributed by atoms with Crippen LogP contribution in [0.25, 0.3) is 0 Å². The van der Waals surface area contributed by atoms with Crippen LogP contribution in [0.15, 0.2) is 20.9 Å². The van der Waals surface area contributed by atoms with E-state index in [0.717, 1.165) is 7.11 Å². The molecule has 1 aromatic rings. The molecule has 0 aliphatic heterocycles. The van der Waals surface area contributed by atoms with Crippen LogP contribution in [0.4, 0.5) is 0 Å². The largest absolute Gasteiger partial charge is 0.465 e. The molecule has 0 radical (unpaired) electrons. The topological polar surface area (TPSA) is 85.6 Å². The molecule has 19 heavy (non-hydrogen) atoms. The van der Waals surface area contributed by atoms with E-state index in [9.17, 15) is 13.2 Å². The minimum Gasteiger partial charge on any atom is -0.465 e. The number of hydrogen-bond donors (Lipinski definition) is 1. The van der Waals surface area contributed by atoms with Gasteiger partial charge >= 0.3 is 5.97 Å². The fourth-order valence-corrected chi connectivity index (χ4v) is 3.14. The summed E-state index contributed by atoms with van der Waals surface area (Å²) in [6, 6.07) is 0. The number of aryl methyl sites for hydroxylation is 2. The third-order valence-corrected chi connectivity index (χ3v) is 4.00. The Labute approximate surface area is 116 Å². The van der Waals surface area contributed by atoms with Gasteiger partial charge in [-0.1, -0.05) is 18.2 Å². The van der Waals surface area contributed by atoms with Crippen LogP contribution < -0.4 is 4.72 Å². The van der Waals surface area contributed by atoms with Crippen LogP contribution in [0, 0.1) is 13.8 Å². The monoisotopic (exact) mass is 307 g/mol. The van der Waals surface area contributed by atoms with Gasteiger partial charge in [-0.2, -0.15) is 0 Å². The number of sulfonamides is 1. The zero-order valence-electron chi connectivity index (χ0n) is 10.7. The van der Waals surface area contributed by atoms with E-state index in [4.69, 9.17) is 16.0 Å². The van der Waals surface area contributed by atoms with Crippen LogP contribution in [0.1, 0.15) is 21.9 Å². The summed E-state index contributed by atoms with van der Waals surface area (Å²) in [5, 5.41) is 0.126. The molecule has 0 aromatic carbocycles. The fourth-order valence-electron chi connectivity index (χ4n) is 1.57. The van der Waals surface area contributed by atoms with E-state index in [0.29, 0.717) is 0 Å². The zero-order chi connectivity index (χ0) is 14.8. The second kappa shape index (κ2) is 5.77. The highest BCUT2D eigenvalue weighted by atomic mass is 35.5. The van der Waals surface area contributed by atoms with Crippen LogP contribution in [0.3, 0.4) is 0 Å². The first-order chi connectivity index (χ1) is 8.70. The molecule has 1 aromatic heterocycles. The first kappa shape index (κ1) is 15.7. The normalized spacial score (nSPS) is 11.4. The van der Waals surface area contributed by atoms with E-state index in [1.165, 1.54) is 13.8 Å². The molecule has 1 heterocycles. The van der Waals surface area contributed by atoms with Gasteiger partial charge in [-0.25, -0.2) is 17.9 Å². The lowest BCUT2D eigenvalue weighted by Gasteiger charge is -2.06. The maximum Gasteiger partial charge on any atom is 0.342 e. The summed E-state index contributed by atoms with van der Waals surface area (Å²) >= 11 is 5.51. The van der Waals surface area contributed by atoms with Gasteiger partial charge in [0.15, 0.2) is 0 Å². The summed E-state index contributed by atoms with van der Waals surface area (Å²) in [6.45, 7) is 6.16. The van der Waals surface area contributed by atoms with Crippen molar-refractivity contribution in [2.45, 2.75) is 18.7 Å². The molecule has 1 N–H and O–H groups in total. The highest BCUT2D eigenvalue weighted by molar-refractivity contribution is 7.89. The van der Waals surface area contributed by atoms with Gasteiger partial charge in [0.25, 0.3) is 0 Å². The SMILES string of the molecule is C=C(Cl)CNS(=O)(=O)c1c(C)oc(C)c1C(=O)OC. The lowest BCUT2D eigenvalue weighted by molar-refractivity contribution is 0.0595. The number of halogens is 1. The van der Waals surface area contributed by atoms with Crippen molar-refractivity contribution in [2.24, 2.45) is 0 Å². The van der Waals surface area contributed by atoms with Crippen molar-refractivity contribution in [3.63, 3.8) is 0 Å². The second-order valence-electron chi connectivity index (χ2n) is 3.75. The summed E-state index contributed by atoms with van der Waals surface area (Å²) in [7, 11) is -2.78. The van der Waals surface area contributed by atoms with Crippen molar-refractivity contribution in [1.82, 2.24) is 4.72 Å². The van der Waals surface area contributed by atoms with Gasteiger partial charge in [0.1, 0.15) is 22.0 Å². The summed E-state index contributed by atoms with van der Waals surface area (Å²) in [5.41, 5.74) is -0.118. The third-order valence-electron chi connectivity index (χ3n) is 2.32. The Balaban J connectivity index is 3.33. The van der Waals surface area contributed by atoms with E-state index in [-0.39, 0.29) is 33.6 Å². The Morgan fingerprint density at radius 1 is 1.42 bits per heavy atom. The average molecular weight is 308 g/mol. The third kappa shape index (κ3) is 3.37. The van der Waals surface area contributed by atoms with Gasteiger partial charge in [0.05, 0.1) is 7.11 Å². The van der Waals surface area contributed by atoms with Gasteiger partial charge in [-0.05, 0) is 13.8 Å². The highest BCUT2D eigenvalue weighted by Gasteiger charge is 2.31. The molecular formula is C11H14ClNO5S. The number of hydrogen-bond acceptors (Lipinski definition) is 5. The molecule has 106 valence electrons. The predicted octanol–water partition coefficient (Wildman–Crippen LogP) is 1.71. The first-order valence-corrected chi connectivity index (χ1v) is 7.08. The number of carbonyl (C=O) groups is 1. The van der Waals surface area contributed by atoms with Crippen molar-refractivity contribution >= 4 is 27.6 Å². The molecule has 0 bridgehead atoms. The van der Waals surface area contributed by atoms with Crippen molar-refractivity contribution in [2.75, 3.05) is 13.7 Å². The predicted molar refractivity (Wildman–Crippen MR) is 69.7 cm³/mol. The quantitative estimate of drug-likeness (QED) is 0.837. The molecule has 0 aliphatic rings. The molecule has 0 atom stereocenters. The van der Waals surface area contributed by atoms with Crippen molar-refractivity contribution in [3.05, 3.63) is 28.7 Å². The Morgan fingerprint density at radius 2 is 2.00 bits per heavy atom. The summed E-state index contributed by atoms with van der Waals surface area (Å²) in [5.74, 6) is -0.501. The number of rotatable bonds is 5. The number of carbonyl (C=O) groups excluding carboxylic acids is 1. The number of ether oxygens (including phenoxy) is 1. The molecule has 0 fully saturated rings. The number of methoxy groups -OCH3 is 1. The maximum absolute atomic E-state index is 12.1. The van der Waals surface area contributed by atoms with Gasteiger partial charge in [-0.3, -0.25) is 0 Å². The van der Waals surface area contributed by atoms with E-state index in [1.54, 1.807) is 0 Å². The Hall–Kier alpha value is -1.31. The summed E-state index contributed by atoms with van der Waals surface area (Å²) in [6.07, 6.45) is 0. The fraction of sp³-hybridized carbons (Fsp3) is 0.364. The molecule has 0 spiro atoms. The zero-order valence-corrected chi connectivity index (χ0v) is 12.3. The molecule has 6 nitrogen and oxygen atoms in total. The van der Waals surface area contributed by atoms with Crippen LogP contribution >= 0.6 is 11.6 Å². The van der Waals surface area contributed by atoms with E-state index in [2.05, 4.69) is 16.0 Å². The van der Waals surface area contributed by atoms with Crippen molar-refractivity contribution < 1.29 is 22.4 Å². The molecule has 0 aliphatic carbocycles. The van der Waals surface area contributed by atoms with E-state index in [1.807, 2.05) is 0 Å². The molecule has 1 rings (SSSR count). The second-order valence-corrected chi connectivity index (χ2v) is 5.99. The smallest absolute Gasteiger partial charge is 0.342 e. The Bertz CT molecular complexity index is 617. The molecule has 0 saturated carbocycles. The van der Waals surface area contributed by atoms with Gasteiger partial charge < -0.3 is 9.15 Å². The van der Waals surface area contributed by atoms with E-state index < -0.39 is 16.0 Å². The lowest BCUT2D eigenvalue weighted by atomic mass is 10.2. The number of esters is 1. The maximum atomic E-state index is 12.1. The van der Waals surface area contributed by atoms with Gasteiger partial charge in [0, 0.05) is 11.6 Å². The van der Waals surface area contributed by atoms with E-state index >= 15 is 0 Å². The van der Waals surface area contributed by atoms with Gasteiger partial charge in [0.2, 0.25) is 10.0 Å². The molecular weight excluding hydrogens is 294 g/mol. The molecule has 0 saturated heterocycles. The Morgan fingerprint density at radius 3 is 2.47 bits per heavy atom. The minimum absolute atomic E-state index is 0.102. The molecule has 0 amide bonds. The highest BCUT2D eigenvalue weighted by Crippen LogP contribution is 2.27. The molecule has 8 heteroatoms. The summed E-state index contributed by atoms with van der Waals surface area (Å²) in [4.78, 5) is 11.4. The first-order valence-electron chi connectivity index (χ1n) is 5.22. The standard InChI is InChI=1S/C11H14ClNO5S/c1-6(12)5-13-19(15,16)10-8(3)18-7(2)9(10)11(14)17-4/h13H,1,5H2,2-4H3. The van der Waals surface area contributed by atoms with Crippen LogP contribution in [-0.2, 0) is 14.8 Å². The lowest BCUT2D eigenvalue weighted by Crippen LogP contribution is -2.26. The summed E-state index contributed by atoms with van der Waals surface area (Å²) < 4.78 is 36.2. The van der Waals surface area contributed by atoms with Crippen LogP contribution in [-0.4, -0.2) is 28.0 Å². The minimum atomic E-state index is -3.94. The number of nitrogens with one attached hydrogen (secondary N) is 1. The van der Waals surface area contributed by atoms with Gasteiger partial charge in [-0.15, -0.1) is 0 Å². The Kier molecular flexibility index (Phi) is 4.78. The van der Waals surface area contributed by atoms with Crippen molar-refractivity contribution in [1.29, 1.82) is 0 Å². The van der Waals surface area contributed by atoms with Crippen LogP contribution in [0.5, 0.6) is 0 Å². The average Bonchev–Trinajstić information content (AvgIpc) is 2.61. The molecule has 0 unspecified atom stereocenters. The van der Waals surface area contributed by atoms with Crippen molar-refractivity contribution in [3.8, 4) is 0 Å². The van der Waals surface area contributed by atoms with Crippen LogP contribution in [0.2, 0.25) is 0 Å². The number of furan rings is 1.